The lowest BCUT2D eigenvalue weighted by Crippen LogP contribution is -2.57. The Labute approximate surface area is 123 Å². The first-order chi connectivity index (χ1) is 9.43. The summed E-state index contributed by atoms with van der Waals surface area (Å²) in [6, 6.07) is -0.907. The lowest BCUT2D eigenvalue weighted by molar-refractivity contribution is -0.141. The molecule has 0 bridgehead atoms. The van der Waals surface area contributed by atoms with Crippen LogP contribution in [0.4, 0.5) is 4.79 Å². The van der Waals surface area contributed by atoms with Gasteiger partial charge in [-0.15, -0.1) is 11.8 Å². The molecule has 2 aliphatic rings. The summed E-state index contributed by atoms with van der Waals surface area (Å²) in [4.78, 5) is 27.5. The number of thioether (sulfide) groups is 1. The lowest BCUT2D eigenvalue weighted by Gasteiger charge is -2.39. The van der Waals surface area contributed by atoms with Gasteiger partial charge in [0.15, 0.2) is 0 Å². The molecule has 20 heavy (non-hydrogen) atoms. The SMILES string of the molecule is CC(C)C1SCC(C(=O)O)N1C(=O)N1CCOCC1C. The first-order valence-corrected chi connectivity index (χ1v) is 7.99. The molecule has 3 atom stereocenters. The van der Waals surface area contributed by atoms with E-state index in [0.29, 0.717) is 25.5 Å². The highest BCUT2D eigenvalue weighted by Crippen LogP contribution is 2.35. The molecule has 2 heterocycles. The van der Waals surface area contributed by atoms with Crippen molar-refractivity contribution in [3.05, 3.63) is 0 Å². The third kappa shape index (κ3) is 2.88. The molecule has 2 rings (SSSR count). The molecule has 2 amide bonds. The summed E-state index contributed by atoms with van der Waals surface area (Å²) < 4.78 is 5.34. The molecule has 6 nitrogen and oxygen atoms in total. The molecule has 0 saturated carbocycles. The van der Waals surface area contributed by atoms with Gasteiger partial charge in [0.05, 0.1) is 24.6 Å². The molecule has 2 saturated heterocycles. The standard InChI is InChI=1S/C13H22N2O4S/c1-8(2)11-15(10(7-20-11)12(16)17)13(18)14-4-5-19-6-9(14)3/h8-11H,4-7H2,1-3H3,(H,16,17). The molecule has 0 aromatic rings. The number of urea groups is 1. The van der Waals surface area contributed by atoms with Crippen LogP contribution in [0, 0.1) is 5.92 Å². The Morgan fingerprint density at radius 1 is 1.40 bits per heavy atom. The predicted molar refractivity (Wildman–Crippen MR) is 76.7 cm³/mol. The van der Waals surface area contributed by atoms with Crippen molar-refractivity contribution < 1.29 is 19.4 Å². The Morgan fingerprint density at radius 3 is 2.65 bits per heavy atom. The number of carboxylic acid groups (broad SMARTS) is 1. The quantitative estimate of drug-likeness (QED) is 0.833. The Hall–Kier alpha value is -0.950. The number of carbonyl (C=O) groups excluding carboxylic acids is 1. The molecule has 3 unspecified atom stereocenters. The van der Waals surface area contributed by atoms with Gasteiger partial charge in [-0.2, -0.15) is 0 Å². The fraction of sp³-hybridized carbons (Fsp3) is 0.846. The predicted octanol–water partition coefficient (Wildman–Crippen LogP) is 1.31. The van der Waals surface area contributed by atoms with Crippen LogP contribution in [0.1, 0.15) is 20.8 Å². The van der Waals surface area contributed by atoms with Crippen LogP contribution in [-0.4, -0.2) is 69.9 Å². The van der Waals surface area contributed by atoms with Crippen LogP contribution in [0.15, 0.2) is 0 Å². The van der Waals surface area contributed by atoms with Gasteiger partial charge in [0.1, 0.15) is 6.04 Å². The molecule has 0 spiro atoms. The van der Waals surface area contributed by atoms with E-state index >= 15 is 0 Å². The average Bonchev–Trinajstić information content (AvgIpc) is 2.83. The van der Waals surface area contributed by atoms with Crippen molar-refractivity contribution >= 4 is 23.8 Å². The number of hydrogen-bond acceptors (Lipinski definition) is 4. The highest BCUT2D eigenvalue weighted by atomic mass is 32.2. The van der Waals surface area contributed by atoms with Crippen LogP contribution in [0.25, 0.3) is 0 Å². The van der Waals surface area contributed by atoms with E-state index in [-0.39, 0.29) is 23.4 Å². The number of aliphatic carboxylic acids is 1. The molecule has 2 fully saturated rings. The average molecular weight is 302 g/mol. The number of amides is 2. The number of carbonyl (C=O) groups is 2. The van der Waals surface area contributed by atoms with E-state index in [2.05, 4.69) is 0 Å². The third-order valence-electron chi connectivity index (χ3n) is 3.72. The van der Waals surface area contributed by atoms with E-state index in [1.165, 1.54) is 0 Å². The molecule has 1 N–H and O–H groups in total. The molecule has 0 aromatic carbocycles. The van der Waals surface area contributed by atoms with Gasteiger partial charge in [-0.05, 0) is 12.8 Å². The fourth-order valence-corrected chi connectivity index (χ4v) is 4.10. The molecule has 114 valence electrons. The second kappa shape index (κ2) is 6.22. The Kier molecular flexibility index (Phi) is 4.80. The third-order valence-corrected chi connectivity index (χ3v) is 5.35. The largest absolute Gasteiger partial charge is 0.480 e. The molecule has 7 heteroatoms. The number of nitrogens with zero attached hydrogens (tertiary/aromatic N) is 2. The van der Waals surface area contributed by atoms with Crippen molar-refractivity contribution in [2.75, 3.05) is 25.5 Å². The van der Waals surface area contributed by atoms with Gasteiger partial charge < -0.3 is 14.7 Å². The summed E-state index contributed by atoms with van der Waals surface area (Å²) in [5, 5.41) is 9.28. The molecule has 2 aliphatic heterocycles. The van der Waals surface area contributed by atoms with E-state index in [1.54, 1.807) is 21.6 Å². The fourth-order valence-electron chi connectivity index (χ4n) is 2.63. The Balaban J connectivity index is 2.20. The smallest absolute Gasteiger partial charge is 0.327 e. The molecule has 0 radical (unpaired) electrons. The number of rotatable bonds is 2. The first-order valence-electron chi connectivity index (χ1n) is 6.94. The molecular formula is C13H22N2O4S. The van der Waals surface area contributed by atoms with Gasteiger partial charge in [-0.25, -0.2) is 9.59 Å². The Morgan fingerprint density at radius 2 is 2.10 bits per heavy atom. The van der Waals surface area contributed by atoms with Crippen molar-refractivity contribution in [3.8, 4) is 0 Å². The summed E-state index contributed by atoms with van der Waals surface area (Å²) >= 11 is 1.55. The van der Waals surface area contributed by atoms with Crippen LogP contribution in [0.2, 0.25) is 0 Å². The van der Waals surface area contributed by atoms with Gasteiger partial charge in [0.25, 0.3) is 0 Å². The van der Waals surface area contributed by atoms with Crippen LogP contribution >= 0.6 is 11.8 Å². The van der Waals surface area contributed by atoms with Crippen molar-refractivity contribution in [1.29, 1.82) is 0 Å². The highest BCUT2D eigenvalue weighted by molar-refractivity contribution is 8.00. The topological polar surface area (TPSA) is 70.1 Å². The first kappa shape index (κ1) is 15.4. The van der Waals surface area contributed by atoms with Crippen LogP contribution in [0.5, 0.6) is 0 Å². The second-order valence-electron chi connectivity index (χ2n) is 5.63. The van der Waals surface area contributed by atoms with Crippen LogP contribution in [0.3, 0.4) is 0 Å². The van der Waals surface area contributed by atoms with E-state index in [1.807, 2.05) is 20.8 Å². The van der Waals surface area contributed by atoms with Gasteiger partial charge in [-0.3, -0.25) is 4.90 Å². The maximum Gasteiger partial charge on any atom is 0.327 e. The second-order valence-corrected chi connectivity index (χ2v) is 6.78. The molecule has 0 aromatic heterocycles. The normalized spacial score (nSPS) is 30.9. The van der Waals surface area contributed by atoms with E-state index in [4.69, 9.17) is 4.74 Å². The van der Waals surface area contributed by atoms with Crippen molar-refractivity contribution in [1.82, 2.24) is 9.80 Å². The van der Waals surface area contributed by atoms with Gasteiger partial charge in [-0.1, -0.05) is 13.8 Å². The van der Waals surface area contributed by atoms with Crippen molar-refractivity contribution in [3.63, 3.8) is 0 Å². The minimum absolute atomic E-state index is 0.0101. The van der Waals surface area contributed by atoms with E-state index < -0.39 is 12.0 Å². The van der Waals surface area contributed by atoms with Crippen LogP contribution < -0.4 is 0 Å². The summed E-state index contributed by atoms with van der Waals surface area (Å²) in [6.07, 6.45) is 0. The van der Waals surface area contributed by atoms with Gasteiger partial charge in [0.2, 0.25) is 0 Å². The summed E-state index contributed by atoms with van der Waals surface area (Å²) in [5.74, 6) is -0.234. The zero-order valence-corrected chi connectivity index (χ0v) is 12.9. The van der Waals surface area contributed by atoms with Crippen molar-refractivity contribution in [2.24, 2.45) is 5.92 Å². The van der Waals surface area contributed by atoms with E-state index in [0.717, 1.165) is 0 Å². The number of morpholine rings is 1. The van der Waals surface area contributed by atoms with Crippen LogP contribution in [-0.2, 0) is 9.53 Å². The molecule has 0 aliphatic carbocycles. The summed E-state index contributed by atoms with van der Waals surface area (Å²) in [6.45, 7) is 7.52. The minimum Gasteiger partial charge on any atom is -0.480 e. The lowest BCUT2D eigenvalue weighted by atomic mass is 10.1. The zero-order chi connectivity index (χ0) is 14.9. The Bertz CT molecular complexity index is 391. The number of carboxylic acids is 1. The van der Waals surface area contributed by atoms with Crippen molar-refractivity contribution in [2.45, 2.75) is 38.2 Å². The summed E-state index contributed by atoms with van der Waals surface area (Å²) in [5.41, 5.74) is 0. The zero-order valence-electron chi connectivity index (χ0n) is 12.1. The minimum atomic E-state index is -0.921. The maximum atomic E-state index is 12.8. The summed E-state index contributed by atoms with van der Waals surface area (Å²) in [7, 11) is 0. The molecular weight excluding hydrogens is 280 g/mol. The number of ether oxygens (including phenoxy) is 1. The number of hydrogen-bond donors (Lipinski definition) is 1. The van der Waals surface area contributed by atoms with Gasteiger partial charge in [0, 0.05) is 12.3 Å². The van der Waals surface area contributed by atoms with Gasteiger partial charge >= 0.3 is 12.0 Å². The monoisotopic (exact) mass is 302 g/mol. The van der Waals surface area contributed by atoms with E-state index in [9.17, 15) is 14.7 Å². The maximum absolute atomic E-state index is 12.8. The highest BCUT2D eigenvalue weighted by Gasteiger charge is 2.45.